The highest BCUT2D eigenvalue weighted by molar-refractivity contribution is 5.92. The fraction of sp³-hybridized carbons (Fsp3) is 0.667. The second-order valence-electron chi connectivity index (χ2n) is 2.30. The van der Waals surface area contributed by atoms with Crippen LogP contribution in [-0.4, -0.2) is 45.1 Å². The van der Waals surface area contributed by atoms with E-state index in [1.807, 2.05) is 0 Å². The van der Waals surface area contributed by atoms with Crippen molar-refractivity contribution in [2.45, 2.75) is 12.5 Å². The molecule has 6 nitrogen and oxygen atoms in total. The standard InChI is InChI=1S/C6H10O6/c7-2-3(8)1-4(5(9)10)6(11)12/h3-4,7-8H,1-2H2,(H,9,10)(H,11,12). The minimum atomic E-state index is -1.66. The molecule has 0 saturated carbocycles. The normalized spacial score (nSPS) is 12.9. The van der Waals surface area contributed by atoms with Crippen molar-refractivity contribution in [1.29, 1.82) is 0 Å². The Morgan fingerprint density at radius 1 is 1.17 bits per heavy atom. The summed E-state index contributed by atoms with van der Waals surface area (Å²) in [5.41, 5.74) is 0. The minimum Gasteiger partial charge on any atom is -0.481 e. The molecular formula is C6H10O6. The molecule has 0 aliphatic heterocycles. The van der Waals surface area contributed by atoms with Crippen LogP contribution in [0.2, 0.25) is 0 Å². The van der Waals surface area contributed by atoms with Crippen molar-refractivity contribution in [2.75, 3.05) is 6.61 Å². The van der Waals surface area contributed by atoms with Crippen molar-refractivity contribution < 1.29 is 30.0 Å². The van der Waals surface area contributed by atoms with Gasteiger partial charge in [0.15, 0.2) is 5.92 Å². The number of aliphatic hydroxyl groups is 2. The Morgan fingerprint density at radius 3 is 1.83 bits per heavy atom. The molecule has 0 radical (unpaired) electrons. The number of carboxylic acid groups (broad SMARTS) is 2. The number of aliphatic hydroxyl groups excluding tert-OH is 2. The van der Waals surface area contributed by atoms with Crippen LogP contribution >= 0.6 is 0 Å². The number of hydrogen-bond donors (Lipinski definition) is 4. The van der Waals surface area contributed by atoms with Crippen molar-refractivity contribution in [3.63, 3.8) is 0 Å². The first-order valence-corrected chi connectivity index (χ1v) is 3.23. The summed E-state index contributed by atoms with van der Waals surface area (Å²) in [4.78, 5) is 20.4. The molecule has 0 spiro atoms. The Balaban J connectivity index is 4.14. The second kappa shape index (κ2) is 4.68. The zero-order valence-corrected chi connectivity index (χ0v) is 6.17. The molecule has 0 aromatic heterocycles. The van der Waals surface area contributed by atoms with E-state index in [4.69, 9.17) is 20.4 Å². The fourth-order valence-electron chi connectivity index (χ4n) is 0.654. The number of carboxylic acids is 2. The zero-order chi connectivity index (χ0) is 9.72. The molecule has 0 aromatic rings. The molecular weight excluding hydrogens is 168 g/mol. The van der Waals surface area contributed by atoms with Crippen LogP contribution < -0.4 is 0 Å². The molecule has 0 heterocycles. The van der Waals surface area contributed by atoms with Crippen LogP contribution in [0, 0.1) is 5.92 Å². The van der Waals surface area contributed by atoms with E-state index in [0.717, 1.165) is 0 Å². The number of hydrogen-bond acceptors (Lipinski definition) is 4. The highest BCUT2D eigenvalue weighted by Crippen LogP contribution is 2.07. The monoisotopic (exact) mass is 178 g/mol. The predicted molar refractivity (Wildman–Crippen MR) is 36.5 cm³/mol. The van der Waals surface area contributed by atoms with E-state index in [2.05, 4.69) is 0 Å². The second-order valence-corrected chi connectivity index (χ2v) is 2.30. The maximum Gasteiger partial charge on any atom is 0.317 e. The van der Waals surface area contributed by atoms with Crippen molar-refractivity contribution in [2.24, 2.45) is 5.92 Å². The van der Waals surface area contributed by atoms with E-state index in [1.54, 1.807) is 0 Å². The summed E-state index contributed by atoms with van der Waals surface area (Å²) in [5.74, 6) is -4.70. The maximum absolute atomic E-state index is 10.2. The van der Waals surface area contributed by atoms with Crippen molar-refractivity contribution in [1.82, 2.24) is 0 Å². The maximum atomic E-state index is 10.2. The van der Waals surface area contributed by atoms with Gasteiger partial charge in [-0.1, -0.05) is 0 Å². The van der Waals surface area contributed by atoms with Crippen molar-refractivity contribution in [3.05, 3.63) is 0 Å². The third kappa shape index (κ3) is 3.31. The Morgan fingerprint density at radius 2 is 1.58 bits per heavy atom. The van der Waals surface area contributed by atoms with Gasteiger partial charge in [0.05, 0.1) is 12.7 Å². The van der Waals surface area contributed by atoms with E-state index in [1.165, 1.54) is 0 Å². The van der Waals surface area contributed by atoms with Crippen LogP contribution in [0.1, 0.15) is 6.42 Å². The molecule has 0 rings (SSSR count). The summed E-state index contributed by atoms with van der Waals surface area (Å²) in [6.45, 7) is -0.642. The van der Waals surface area contributed by atoms with Gasteiger partial charge >= 0.3 is 11.9 Å². The van der Waals surface area contributed by atoms with Gasteiger partial charge in [-0.05, 0) is 6.42 Å². The lowest BCUT2D eigenvalue weighted by molar-refractivity contribution is -0.156. The molecule has 0 amide bonds. The van der Waals surface area contributed by atoms with Crippen LogP contribution in [0.5, 0.6) is 0 Å². The van der Waals surface area contributed by atoms with Gasteiger partial charge in [0.1, 0.15) is 0 Å². The molecule has 70 valence electrons. The van der Waals surface area contributed by atoms with E-state index < -0.39 is 37.0 Å². The predicted octanol–water partition coefficient (Wildman–Crippen LogP) is -1.48. The Labute approximate surface area is 68.1 Å². The summed E-state index contributed by atoms with van der Waals surface area (Å²) in [5, 5.41) is 33.7. The molecule has 0 aliphatic carbocycles. The molecule has 0 aromatic carbocycles. The molecule has 4 N–H and O–H groups in total. The summed E-state index contributed by atoms with van der Waals surface area (Å²) < 4.78 is 0. The van der Waals surface area contributed by atoms with Crippen molar-refractivity contribution >= 4 is 11.9 Å². The average Bonchev–Trinajstić information content (AvgIpc) is 1.98. The van der Waals surface area contributed by atoms with Crippen LogP contribution in [-0.2, 0) is 9.59 Å². The third-order valence-corrected chi connectivity index (χ3v) is 1.31. The SMILES string of the molecule is O=C(O)C(CC(O)CO)C(=O)O. The lowest BCUT2D eigenvalue weighted by Crippen LogP contribution is -2.29. The lowest BCUT2D eigenvalue weighted by atomic mass is 10.0. The summed E-state index contributed by atoms with van der Waals surface area (Å²) in [6, 6.07) is 0. The molecule has 12 heavy (non-hydrogen) atoms. The average molecular weight is 178 g/mol. The third-order valence-electron chi connectivity index (χ3n) is 1.31. The van der Waals surface area contributed by atoms with Crippen LogP contribution in [0.25, 0.3) is 0 Å². The van der Waals surface area contributed by atoms with Gasteiger partial charge in [-0.15, -0.1) is 0 Å². The molecule has 0 saturated heterocycles. The van der Waals surface area contributed by atoms with Gasteiger partial charge in [0, 0.05) is 0 Å². The Kier molecular flexibility index (Phi) is 4.24. The zero-order valence-electron chi connectivity index (χ0n) is 6.17. The minimum absolute atomic E-state index is 0.485. The first-order chi connectivity index (χ1) is 5.49. The quantitative estimate of drug-likeness (QED) is 0.381. The Bertz CT molecular complexity index is 163. The molecule has 0 aliphatic rings. The highest BCUT2D eigenvalue weighted by atomic mass is 16.4. The molecule has 1 atom stereocenters. The van der Waals surface area contributed by atoms with E-state index in [9.17, 15) is 9.59 Å². The van der Waals surface area contributed by atoms with E-state index in [0.29, 0.717) is 0 Å². The summed E-state index contributed by atoms with van der Waals surface area (Å²) in [7, 11) is 0. The molecule has 6 heteroatoms. The van der Waals surface area contributed by atoms with Gasteiger partial charge < -0.3 is 20.4 Å². The number of rotatable bonds is 5. The van der Waals surface area contributed by atoms with Gasteiger partial charge in [-0.25, -0.2) is 0 Å². The topological polar surface area (TPSA) is 115 Å². The van der Waals surface area contributed by atoms with Crippen LogP contribution in [0.3, 0.4) is 0 Å². The first-order valence-electron chi connectivity index (χ1n) is 3.23. The smallest absolute Gasteiger partial charge is 0.317 e. The van der Waals surface area contributed by atoms with Gasteiger partial charge in [-0.2, -0.15) is 0 Å². The van der Waals surface area contributed by atoms with Gasteiger partial charge in [0.25, 0.3) is 0 Å². The largest absolute Gasteiger partial charge is 0.481 e. The van der Waals surface area contributed by atoms with Crippen LogP contribution in [0.15, 0.2) is 0 Å². The summed E-state index contributed by atoms with van der Waals surface area (Å²) >= 11 is 0. The highest BCUT2D eigenvalue weighted by Gasteiger charge is 2.28. The summed E-state index contributed by atoms with van der Waals surface area (Å²) in [6.07, 6.45) is -1.79. The number of aliphatic carboxylic acids is 2. The molecule has 0 fully saturated rings. The first kappa shape index (κ1) is 10.9. The molecule has 0 bridgehead atoms. The Hall–Kier alpha value is -1.14. The number of carbonyl (C=O) groups is 2. The van der Waals surface area contributed by atoms with Crippen LogP contribution in [0.4, 0.5) is 0 Å². The fourth-order valence-corrected chi connectivity index (χ4v) is 0.654. The van der Waals surface area contributed by atoms with Gasteiger partial charge in [-0.3, -0.25) is 9.59 Å². The van der Waals surface area contributed by atoms with Crippen molar-refractivity contribution in [3.8, 4) is 0 Å². The van der Waals surface area contributed by atoms with Gasteiger partial charge in [0.2, 0.25) is 0 Å². The van der Waals surface area contributed by atoms with E-state index >= 15 is 0 Å². The van der Waals surface area contributed by atoms with E-state index in [-0.39, 0.29) is 0 Å². The molecule has 1 unspecified atom stereocenters. The lowest BCUT2D eigenvalue weighted by Gasteiger charge is -2.10.